The van der Waals surface area contributed by atoms with Crippen LogP contribution in [0.2, 0.25) is 0 Å². The number of hydrogen-bond acceptors (Lipinski definition) is 5. The number of hydrogen-bond donors (Lipinski definition) is 1. The second kappa shape index (κ2) is 5.29. The second-order valence-electron chi connectivity index (χ2n) is 5.70. The van der Waals surface area contributed by atoms with Crippen molar-refractivity contribution in [2.75, 3.05) is 11.5 Å². The van der Waals surface area contributed by atoms with Gasteiger partial charge in [-0.3, -0.25) is 0 Å². The van der Waals surface area contributed by atoms with Crippen molar-refractivity contribution in [1.82, 2.24) is 9.97 Å². The Labute approximate surface area is 118 Å². The number of anilines is 1. The summed E-state index contributed by atoms with van der Waals surface area (Å²) < 4.78 is 6.28. The molecule has 1 aliphatic heterocycles. The highest BCUT2D eigenvalue weighted by Gasteiger charge is 2.41. The zero-order chi connectivity index (χ0) is 13.3. The first-order valence-electron chi connectivity index (χ1n) is 7.07. The number of nitrogens with two attached hydrogens (primary N) is 1. The minimum atomic E-state index is 0.220. The lowest BCUT2D eigenvalue weighted by Gasteiger charge is -2.23. The van der Waals surface area contributed by atoms with Crippen molar-refractivity contribution in [3.05, 3.63) is 11.8 Å². The first-order valence-corrected chi connectivity index (χ1v) is 8.06. The van der Waals surface area contributed by atoms with Gasteiger partial charge in [-0.05, 0) is 32.6 Å². The molecule has 4 nitrogen and oxygen atoms in total. The number of thioether (sulfide) groups is 1. The van der Waals surface area contributed by atoms with Crippen molar-refractivity contribution in [1.29, 1.82) is 0 Å². The lowest BCUT2D eigenvalue weighted by atomic mass is 9.98. The quantitative estimate of drug-likeness (QED) is 0.681. The van der Waals surface area contributed by atoms with Gasteiger partial charge >= 0.3 is 0 Å². The van der Waals surface area contributed by atoms with Gasteiger partial charge in [0.25, 0.3) is 0 Å². The predicted octanol–water partition coefficient (Wildman–Crippen LogP) is 2.95. The Morgan fingerprint density at radius 3 is 2.89 bits per heavy atom. The Morgan fingerprint density at radius 1 is 1.37 bits per heavy atom. The summed E-state index contributed by atoms with van der Waals surface area (Å²) in [5.74, 6) is 1.49. The van der Waals surface area contributed by atoms with Crippen molar-refractivity contribution >= 4 is 17.6 Å². The Morgan fingerprint density at radius 2 is 2.16 bits per heavy atom. The maximum Gasteiger partial charge on any atom is 0.189 e. The molecule has 19 heavy (non-hydrogen) atoms. The van der Waals surface area contributed by atoms with E-state index in [4.69, 9.17) is 10.5 Å². The van der Waals surface area contributed by atoms with E-state index in [-0.39, 0.29) is 5.60 Å². The van der Waals surface area contributed by atoms with Crippen molar-refractivity contribution in [3.63, 3.8) is 0 Å². The van der Waals surface area contributed by atoms with Gasteiger partial charge < -0.3 is 10.5 Å². The van der Waals surface area contributed by atoms with Crippen molar-refractivity contribution in [2.45, 2.75) is 62.3 Å². The van der Waals surface area contributed by atoms with Crippen LogP contribution >= 0.6 is 11.8 Å². The molecule has 1 saturated heterocycles. The van der Waals surface area contributed by atoms with E-state index in [0.717, 1.165) is 16.6 Å². The molecular formula is C14H21N3OS. The van der Waals surface area contributed by atoms with Gasteiger partial charge in [0.2, 0.25) is 0 Å². The van der Waals surface area contributed by atoms with Crippen LogP contribution in [0.4, 0.5) is 5.82 Å². The summed E-state index contributed by atoms with van der Waals surface area (Å²) in [5, 5.41) is 0.772. The second-order valence-corrected chi connectivity index (χ2v) is 6.68. The van der Waals surface area contributed by atoms with Gasteiger partial charge in [0.15, 0.2) is 5.16 Å². The molecule has 1 aromatic heterocycles. The summed E-state index contributed by atoms with van der Waals surface area (Å²) in [6, 6.07) is 1.80. The van der Waals surface area contributed by atoms with Gasteiger partial charge in [0.1, 0.15) is 5.82 Å². The third kappa shape index (κ3) is 3.03. The summed E-state index contributed by atoms with van der Waals surface area (Å²) in [5.41, 5.74) is 6.89. The fourth-order valence-corrected chi connectivity index (χ4v) is 4.15. The SMILES string of the molecule is Cc1cc(N)nc(SCC2CCC3(CCCC3)O2)n1. The maximum atomic E-state index is 6.28. The molecule has 0 bridgehead atoms. The molecule has 1 atom stereocenters. The van der Waals surface area contributed by atoms with E-state index in [2.05, 4.69) is 9.97 Å². The average Bonchev–Trinajstić information content (AvgIpc) is 2.97. The molecule has 3 rings (SSSR count). The van der Waals surface area contributed by atoms with Gasteiger partial charge in [-0.25, -0.2) is 9.97 Å². The van der Waals surface area contributed by atoms with Crippen LogP contribution in [-0.4, -0.2) is 27.4 Å². The van der Waals surface area contributed by atoms with E-state index in [9.17, 15) is 0 Å². The van der Waals surface area contributed by atoms with Crippen LogP contribution in [0.15, 0.2) is 11.2 Å². The van der Waals surface area contributed by atoms with E-state index in [1.54, 1.807) is 17.8 Å². The summed E-state index contributed by atoms with van der Waals surface area (Å²) >= 11 is 1.66. The normalized spacial score (nSPS) is 25.2. The van der Waals surface area contributed by atoms with Crippen LogP contribution in [-0.2, 0) is 4.74 Å². The largest absolute Gasteiger partial charge is 0.384 e. The fraction of sp³-hybridized carbons (Fsp3) is 0.714. The molecule has 0 radical (unpaired) electrons. The molecule has 2 N–H and O–H groups in total. The molecule has 1 aliphatic carbocycles. The molecule has 5 heteroatoms. The molecule has 1 spiro atoms. The number of nitrogens with zero attached hydrogens (tertiary/aromatic N) is 2. The van der Waals surface area contributed by atoms with Gasteiger partial charge in [-0.1, -0.05) is 24.6 Å². The van der Waals surface area contributed by atoms with Crippen LogP contribution in [0.25, 0.3) is 0 Å². The topological polar surface area (TPSA) is 61.0 Å². The summed E-state index contributed by atoms with van der Waals surface area (Å²) in [7, 11) is 0. The lowest BCUT2D eigenvalue weighted by Crippen LogP contribution is -2.25. The molecule has 2 fully saturated rings. The van der Waals surface area contributed by atoms with Crippen LogP contribution in [0, 0.1) is 6.92 Å². The van der Waals surface area contributed by atoms with Crippen molar-refractivity contribution in [2.24, 2.45) is 0 Å². The van der Waals surface area contributed by atoms with Crippen LogP contribution in [0.1, 0.15) is 44.2 Å². The Kier molecular flexibility index (Phi) is 3.67. The fourth-order valence-electron chi connectivity index (χ4n) is 3.20. The van der Waals surface area contributed by atoms with E-state index < -0.39 is 0 Å². The molecule has 2 aliphatic rings. The van der Waals surface area contributed by atoms with Crippen LogP contribution < -0.4 is 5.73 Å². The molecular weight excluding hydrogens is 258 g/mol. The van der Waals surface area contributed by atoms with Gasteiger partial charge in [0, 0.05) is 17.5 Å². The zero-order valence-electron chi connectivity index (χ0n) is 11.4. The summed E-state index contributed by atoms with van der Waals surface area (Å²) in [6.45, 7) is 1.95. The smallest absolute Gasteiger partial charge is 0.189 e. The zero-order valence-corrected chi connectivity index (χ0v) is 12.2. The number of nitrogen functional groups attached to an aromatic ring is 1. The molecule has 0 aromatic carbocycles. The molecule has 1 aromatic rings. The average molecular weight is 279 g/mol. The first-order chi connectivity index (χ1) is 9.15. The third-order valence-electron chi connectivity index (χ3n) is 4.11. The highest BCUT2D eigenvalue weighted by atomic mass is 32.2. The first kappa shape index (κ1) is 13.2. The Hall–Kier alpha value is -0.810. The minimum absolute atomic E-state index is 0.220. The lowest BCUT2D eigenvalue weighted by molar-refractivity contribution is -0.0267. The van der Waals surface area contributed by atoms with Gasteiger partial charge in [-0.2, -0.15) is 0 Å². The maximum absolute atomic E-state index is 6.28. The van der Waals surface area contributed by atoms with Crippen LogP contribution in [0.3, 0.4) is 0 Å². The van der Waals surface area contributed by atoms with Crippen molar-refractivity contribution < 1.29 is 4.74 Å². The number of aromatic nitrogens is 2. The molecule has 104 valence electrons. The number of rotatable bonds is 3. The van der Waals surface area contributed by atoms with Gasteiger partial charge in [-0.15, -0.1) is 0 Å². The third-order valence-corrected chi connectivity index (χ3v) is 5.08. The molecule has 1 saturated carbocycles. The van der Waals surface area contributed by atoms with Crippen molar-refractivity contribution in [3.8, 4) is 0 Å². The standard InChI is InChI=1S/C14H21N3OS/c1-10-8-12(15)17-13(16-10)19-9-11-4-7-14(18-11)5-2-3-6-14/h8,11H,2-7,9H2,1H3,(H2,15,16,17). The highest BCUT2D eigenvalue weighted by molar-refractivity contribution is 7.99. The van der Waals surface area contributed by atoms with Gasteiger partial charge in [0.05, 0.1) is 11.7 Å². The minimum Gasteiger partial charge on any atom is -0.384 e. The summed E-state index contributed by atoms with van der Waals surface area (Å²) in [6.07, 6.45) is 7.93. The number of ether oxygens (including phenoxy) is 1. The Bertz CT molecular complexity index is 440. The highest BCUT2D eigenvalue weighted by Crippen LogP contribution is 2.44. The molecule has 0 amide bonds. The van der Waals surface area contributed by atoms with E-state index in [1.807, 2.05) is 6.92 Å². The summed E-state index contributed by atoms with van der Waals surface area (Å²) in [4.78, 5) is 8.66. The van der Waals surface area contributed by atoms with E-state index in [0.29, 0.717) is 11.9 Å². The Balaban J connectivity index is 1.55. The van der Waals surface area contributed by atoms with E-state index in [1.165, 1.54) is 38.5 Å². The monoisotopic (exact) mass is 279 g/mol. The van der Waals surface area contributed by atoms with E-state index >= 15 is 0 Å². The van der Waals surface area contributed by atoms with Crippen LogP contribution in [0.5, 0.6) is 0 Å². The predicted molar refractivity (Wildman–Crippen MR) is 77.2 cm³/mol. The molecule has 2 heterocycles. The number of aryl methyl sites for hydroxylation is 1. The molecule has 1 unspecified atom stereocenters.